The van der Waals surface area contributed by atoms with Gasteiger partial charge < -0.3 is 4.90 Å². The molecule has 0 aliphatic carbocycles. The van der Waals surface area contributed by atoms with Crippen molar-refractivity contribution in [2.45, 2.75) is 27.2 Å². The molecule has 0 aromatic heterocycles. The molecule has 28 heavy (non-hydrogen) atoms. The molecule has 0 heterocycles. The molecule has 0 saturated heterocycles. The van der Waals surface area contributed by atoms with Crippen LogP contribution in [0.1, 0.15) is 27.2 Å². The minimum atomic E-state index is 0.834. The second-order valence-electron chi connectivity index (χ2n) is 6.22. The van der Waals surface area contributed by atoms with Crippen molar-refractivity contribution in [1.82, 2.24) is 0 Å². The molecule has 0 N–H and O–H groups in total. The standard InChI is InChI=1S/C26H30BrN/c1-8-12-14-15-16-21(6)28(25(11-4)20(5)10-3)26-19-18-24(27)23(22(26)7)17-13-9-2/h8-11,13-19H,1,3-4,7,12H2,2,5-6H3/b13-9-,15-14-,21-16+,23-17+,25-20+. The number of hydrogen-bond donors (Lipinski definition) is 0. The van der Waals surface area contributed by atoms with Crippen molar-refractivity contribution in [1.29, 1.82) is 0 Å². The van der Waals surface area contributed by atoms with Crippen LogP contribution in [-0.4, -0.2) is 0 Å². The van der Waals surface area contributed by atoms with Crippen molar-refractivity contribution in [3.63, 3.8) is 0 Å². The first-order valence-corrected chi connectivity index (χ1v) is 10.0. The summed E-state index contributed by atoms with van der Waals surface area (Å²) in [6, 6.07) is 4.13. The number of allylic oxidation sites excluding steroid dienone is 10. The summed E-state index contributed by atoms with van der Waals surface area (Å²) in [7, 11) is 0. The van der Waals surface area contributed by atoms with Crippen LogP contribution in [0.4, 0.5) is 5.69 Å². The normalized spacial score (nSPS) is 13.7. The average molecular weight is 436 g/mol. The van der Waals surface area contributed by atoms with E-state index in [1.807, 2.05) is 50.3 Å². The first-order valence-electron chi connectivity index (χ1n) is 9.23. The summed E-state index contributed by atoms with van der Waals surface area (Å²) in [5.41, 5.74) is 4.07. The van der Waals surface area contributed by atoms with E-state index in [-0.39, 0.29) is 0 Å². The van der Waals surface area contributed by atoms with Crippen LogP contribution in [0.2, 0.25) is 0 Å². The van der Waals surface area contributed by atoms with Gasteiger partial charge in [-0.15, -0.1) is 6.58 Å². The maximum atomic E-state index is 4.37. The first-order chi connectivity index (χ1) is 13.4. The monoisotopic (exact) mass is 435 g/mol. The number of anilines is 1. The molecule has 0 radical (unpaired) electrons. The molecule has 0 atom stereocenters. The molecule has 0 spiro atoms. The van der Waals surface area contributed by atoms with Crippen molar-refractivity contribution in [2.24, 2.45) is 0 Å². The van der Waals surface area contributed by atoms with Crippen molar-refractivity contribution in [3.8, 4) is 0 Å². The van der Waals surface area contributed by atoms with E-state index in [2.05, 4.69) is 84.4 Å². The highest BCUT2D eigenvalue weighted by Crippen LogP contribution is 2.25. The van der Waals surface area contributed by atoms with Gasteiger partial charge in [0.1, 0.15) is 0 Å². The van der Waals surface area contributed by atoms with Gasteiger partial charge in [0, 0.05) is 15.9 Å². The molecule has 146 valence electrons. The zero-order valence-corrected chi connectivity index (χ0v) is 18.8. The minimum Gasteiger partial charge on any atom is -0.314 e. The van der Waals surface area contributed by atoms with Gasteiger partial charge >= 0.3 is 0 Å². The number of nitrogens with zero attached hydrogens (tertiary/aromatic N) is 1. The van der Waals surface area contributed by atoms with Gasteiger partial charge in [0.15, 0.2) is 0 Å². The molecule has 0 bridgehead atoms. The minimum absolute atomic E-state index is 0.834. The van der Waals surface area contributed by atoms with E-state index in [0.717, 1.165) is 44.0 Å². The van der Waals surface area contributed by atoms with Crippen LogP contribution in [-0.2, 0) is 0 Å². The maximum Gasteiger partial charge on any atom is 0.0531 e. The molecule has 2 heteroatoms. The predicted molar refractivity (Wildman–Crippen MR) is 131 cm³/mol. The quantitative estimate of drug-likeness (QED) is 0.307. The smallest absolute Gasteiger partial charge is 0.0531 e. The Bertz CT molecular complexity index is 955. The first kappa shape index (κ1) is 23.5. The number of halogens is 1. The van der Waals surface area contributed by atoms with E-state index in [4.69, 9.17) is 0 Å². The lowest BCUT2D eigenvalue weighted by atomic mass is 10.1. The van der Waals surface area contributed by atoms with Gasteiger partial charge in [0.2, 0.25) is 0 Å². The van der Waals surface area contributed by atoms with E-state index in [1.54, 1.807) is 0 Å². The molecule has 1 aromatic carbocycles. The summed E-state index contributed by atoms with van der Waals surface area (Å²) in [6.45, 7) is 22.2. The molecular weight excluding hydrogens is 406 g/mol. The van der Waals surface area contributed by atoms with Crippen molar-refractivity contribution in [3.05, 3.63) is 112 Å². The SMILES string of the molecule is C=CC/C=C\C=C(/C)N(/C(C=C)=C(\C)C=C)c1ccc(Br)/c(=C/C=C\C)c1=C. The lowest BCUT2D eigenvalue weighted by molar-refractivity contribution is 1.07. The van der Waals surface area contributed by atoms with Gasteiger partial charge in [0.05, 0.1) is 5.69 Å². The Hall–Kier alpha value is -2.58. The molecule has 0 saturated carbocycles. The Balaban J connectivity index is 3.80. The summed E-state index contributed by atoms with van der Waals surface area (Å²) in [5.74, 6) is 0. The second kappa shape index (κ2) is 12.0. The molecule has 0 aliphatic heterocycles. The molecule has 1 aromatic rings. The molecular formula is C26H30BrN. The van der Waals surface area contributed by atoms with Crippen molar-refractivity contribution in [2.75, 3.05) is 4.90 Å². The van der Waals surface area contributed by atoms with E-state index >= 15 is 0 Å². The summed E-state index contributed by atoms with van der Waals surface area (Å²) >= 11 is 3.65. The maximum absolute atomic E-state index is 4.37. The highest BCUT2D eigenvalue weighted by atomic mass is 79.9. The lowest BCUT2D eigenvalue weighted by Gasteiger charge is -2.28. The average Bonchev–Trinajstić information content (AvgIpc) is 2.69. The molecule has 0 unspecified atom stereocenters. The van der Waals surface area contributed by atoms with Gasteiger partial charge in [-0.25, -0.2) is 0 Å². The molecule has 0 aliphatic rings. The van der Waals surface area contributed by atoms with Crippen molar-refractivity contribution >= 4 is 34.3 Å². The largest absolute Gasteiger partial charge is 0.314 e. The molecule has 1 nitrogen and oxygen atoms in total. The molecule has 0 fully saturated rings. The number of hydrogen-bond acceptors (Lipinski definition) is 1. The van der Waals surface area contributed by atoms with E-state index in [0.29, 0.717) is 0 Å². The van der Waals surface area contributed by atoms with E-state index < -0.39 is 0 Å². The van der Waals surface area contributed by atoms with Gasteiger partial charge in [-0.05, 0) is 67.5 Å². The topological polar surface area (TPSA) is 3.24 Å². The van der Waals surface area contributed by atoms with E-state index in [1.165, 1.54) is 0 Å². The van der Waals surface area contributed by atoms with E-state index in [9.17, 15) is 0 Å². The van der Waals surface area contributed by atoms with Crippen LogP contribution in [0, 0.1) is 0 Å². The van der Waals surface area contributed by atoms with Crippen LogP contribution >= 0.6 is 15.9 Å². The van der Waals surface area contributed by atoms with Crippen LogP contribution in [0.25, 0.3) is 12.7 Å². The molecule has 1 rings (SSSR count). The zero-order chi connectivity index (χ0) is 21.1. The summed E-state index contributed by atoms with van der Waals surface area (Å²) in [6.07, 6.45) is 18.7. The number of benzene rings is 1. The third-order valence-electron chi connectivity index (χ3n) is 4.25. The van der Waals surface area contributed by atoms with Crippen molar-refractivity contribution < 1.29 is 0 Å². The predicted octanol–water partition coefficient (Wildman–Crippen LogP) is 6.70. The Morgan fingerprint density at radius 2 is 1.82 bits per heavy atom. The lowest BCUT2D eigenvalue weighted by Crippen LogP contribution is -2.33. The Morgan fingerprint density at radius 3 is 2.39 bits per heavy atom. The highest BCUT2D eigenvalue weighted by Gasteiger charge is 2.15. The fraction of sp³-hybridized carbons (Fsp3) is 0.154. The van der Waals surface area contributed by atoms with Crippen LogP contribution in [0.3, 0.4) is 0 Å². The van der Waals surface area contributed by atoms with Gasteiger partial charge in [-0.1, -0.05) is 78.2 Å². The van der Waals surface area contributed by atoms with Gasteiger partial charge in [-0.2, -0.15) is 0 Å². The Kier molecular flexibility index (Phi) is 10.0. The van der Waals surface area contributed by atoms with Gasteiger partial charge in [0.25, 0.3) is 0 Å². The fourth-order valence-electron chi connectivity index (χ4n) is 2.71. The zero-order valence-electron chi connectivity index (χ0n) is 17.2. The van der Waals surface area contributed by atoms with Gasteiger partial charge in [-0.3, -0.25) is 0 Å². The highest BCUT2D eigenvalue weighted by molar-refractivity contribution is 9.10. The number of rotatable bonds is 9. The molecule has 0 amide bonds. The third-order valence-corrected chi connectivity index (χ3v) is 4.94. The van der Waals surface area contributed by atoms with Crippen LogP contribution in [0.15, 0.2) is 102 Å². The van der Waals surface area contributed by atoms with Crippen LogP contribution < -0.4 is 15.3 Å². The Labute approximate surface area is 178 Å². The third kappa shape index (κ3) is 5.97. The van der Waals surface area contributed by atoms with Crippen LogP contribution in [0.5, 0.6) is 0 Å². The Morgan fingerprint density at radius 1 is 1.11 bits per heavy atom. The summed E-state index contributed by atoms with van der Waals surface area (Å²) in [4.78, 5) is 2.17. The summed E-state index contributed by atoms with van der Waals surface area (Å²) in [5, 5.41) is 1.99. The second-order valence-corrected chi connectivity index (χ2v) is 7.08. The summed E-state index contributed by atoms with van der Waals surface area (Å²) < 4.78 is 1.01. The fourth-order valence-corrected chi connectivity index (χ4v) is 3.21.